The molecular formula is C25H38FN5O4Si. The third-order valence-electron chi connectivity index (χ3n) is 7.37. The van der Waals surface area contributed by atoms with Crippen LogP contribution < -0.4 is 15.4 Å². The fourth-order valence-electron chi connectivity index (χ4n) is 5.44. The Morgan fingerprint density at radius 1 is 1.44 bits per heavy atom. The first-order valence-corrected chi connectivity index (χ1v) is 15.7. The van der Waals surface area contributed by atoms with Crippen molar-refractivity contribution in [2.75, 3.05) is 25.6 Å². The number of aromatic nitrogens is 3. The Morgan fingerprint density at radius 3 is 2.92 bits per heavy atom. The van der Waals surface area contributed by atoms with Crippen LogP contribution in [0.25, 0.3) is 0 Å². The second-order valence-corrected chi connectivity index (χ2v) is 14.3. The minimum atomic E-state index is -3.14. The van der Waals surface area contributed by atoms with Crippen LogP contribution in [-0.4, -0.2) is 66.8 Å². The Hall–Kier alpha value is -2.34. The van der Waals surface area contributed by atoms with Gasteiger partial charge in [-0.05, 0) is 57.1 Å². The molecule has 1 aromatic heterocycles. The number of hydrogen-bond acceptors (Lipinski definition) is 7. The highest BCUT2D eigenvalue weighted by Gasteiger charge is 2.47. The molecule has 11 heteroatoms. The van der Waals surface area contributed by atoms with Gasteiger partial charge in [0.25, 0.3) is 0 Å². The molecule has 2 aliphatic heterocycles. The van der Waals surface area contributed by atoms with Gasteiger partial charge in [-0.3, -0.25) is 9.48 Å². The van der Waals surface area contributed by atoms with E-state index in [1.165, 1.54) is 0 Å². The molecule has 5 atom stereocenters. The predicted octanol–water partition coefficient (Wildman–Crippen LogP) is 3.22. The Bertz CT molecular complexity index is 1040. The molecule has 36 heavy (non-hydrogen) atoms. The van der Waals surface area contributed by atoms with Crippen LogP contribution in [-0.2, 0) is 22.5 Å². The topological polar surface area (TPSA) is 111 Å². The molecule has 1 fully saturated rings. The monoisotopic (exact) mass is 519 g/mol. The molecule has 0 spiro atoms. The average molecular weight is 520 g/mol. The van der Waals surface area contributed by atoms with Gasteiger partial charge in [0.1, 0.15) is 11.9 Å². The third-order valence-corrected chi connectivity index (χ3v) is 9.76. The fraction of sp³-hybridized carbons (Fsp3) is 0.640. The maximum absolute atomic E-state index is 15.7. The third kappa shape index (κ3) is 5.96. The first kappa shape index (κ1) is 26.7. The van der Waals surface area contributed by atoms with Crippen molar-refractivity contribution in [3.63, 3.8) is 0 Å². The molecule has 1 unspecified atom stereocenters. The van der Waals surface area contributed by atoms with Crippen LogP contribution in [0.1, 0.15) is 43.5 Å². The van der Waals surface area contributed by atoms with Crippen LogP contribution in [0.5, 0.6) is 5.75 Å². The van der Waals surface area contributed by atoms with Gasteiger partial charge in [-0.1, -0.05) is 12.1 Å². The number of halogens is 1. The van der Waals surface area contributed by atoms with Crippen LogP contribution in [0.2, 0.25) is 18.6 Å². The molecule has 3 heterocycles. The number of benzene rings is 1. The summed E-state index contributed by atoms with van der Waals surface area (Å²) in [4.78, 5) is 12.6. The number of anilines is 1. The van der Waals surface area contributed by atoms with Crippen molar-refractivity contribution >= 4 is 20.0 Å². The number of hydrogen-bond donors (Lipinski definition) is 3. The predicted molar refractivity (Wildman–Crippen MR) is 137 cm³/mol. The van der Waals surface area contributed by atoms with Gasteiger partial charge in [-0.2, -0.15) is 0 Å². The van der Waals surface area contributed by atoms with E-state index >= 15 is 4.11 Å². The molecule has 0 radical (unpaired) electrons. The smallest absolute Gasteiger partial charge is 0.247 e. The first-order chi connectivity index (χ1) is 17.2. The van der Waals surface area contributed by atoms with Crippen molar-refractivity contribution in [1.82, 2.24) is 20.3 Å². The fourth-order valence-corrected chi connectivity index (χ4v) is 7.41. The zero-order chi connectivity index (χ0) is 25.9. The quantitative estimate of drug-likeness (QED) is 0.327. The maximum Gasteiger partial charge on any atom is 0.247 e. The van der Waals surface area contributed by atoms with Crippen LogP contribution in [0.3, 0.4) is 0 Å². The van der Waals surface area contributed by atoms with Gasteiger partial charge in [-0.15, -0.1) is 5.10 Å². The van der Waals surface area contributed by atoms with E-state index in [1.807, 2.05) is 25.1 Å². The molecule has 1 amide bonds. The lowest BCUT2D eigenvalue weighted by Gasteiger charge is -2.43. The van der Waals surface area contributed by atoms with E-state index in [9.17, 15) is 4.79 Å². The second-order valence-electron chi connectivity index (χ2n) is 10.4. The van der Waals surface area contributed by atoms with Crippen LogP contribution in [0.4, 0.5) is 9.80 Å². The number of amides is 1. The van der Waals surface area contributed by atoms with Gasteiger partial charge in [0.15, 0.2) is 0 Å². The van der Waals surface area contributed by atoms with Crippen molar-refractivity contribution in [2.24, 2.45) is 5.92 Å². The van der Waals surface area contributed by atoms with Crippen molar-refractivity contribution in [3.05, 3.63) is 35.7 Å². The minimum absolute atomic E-state index is 0.0137. The summed E-state index contributed by atoms with van der Waals surface area (Å²) in [5.41, 5.74) is 1.98. The molecule has 0 saturated carbocycles. The number of nitrogens with one attached hydrogen (secondary N) is 2. The average Bonchev–Trinajstić information content (AvgIpc) is 3.52. The number of aliphatic hydroxyl groups is 1. The van der Waals surface area contributed by atoms with E-state index in [2.05, 4.69) is 20.9 Å². The summed E-state index contributed by atoms with van der Waals surface area (Å²) >= 11 is 0. The van der Waals surface area contributed by atoms with E-state index < -0.39 is 8.41 Å². The Morgan fingerprint density at radius 2 is 2.25 bits per heavy atom. The van der Waals surface area contributed by atoms with Gasteiger partial charge in [0, 0.05) is 55.6 Å². The largest absolute Gasteiger partial charge is 0.490 e. The number of aryl methyl sites for hydroxylation is 1. The highest BCUT2D eigenvalue weighted by molar-refractivity contribution is 6.72. The first-order valence-electron chi connectivity index (χ1n) is 12.8. The van der Waals surface area contributed by atoms with Crippen LogP contribution >= 0.6 is 0 Å². The standard InChI is InChI=1S/C25H38FN5O4Si/c1-16-23(34-2)19-14-17(28-25(33)20-6-5-11-27-20)7-8-21(19)35-24(16)22(36(3,4)26)9-12-31-15-18(10-13-32)29-30-31/h7-8,14-16,20,22-24,27,32H,5-6,9-13H2,1-4H3,(H,28,33)/t16-,20+,22?,23-,24-/m0/s1. The second kappa shape index (κ2) is 11.4. The molecule has 0 bridgehead atoms. The summed E-state index contributed by atoms with van der Waals surface area (Å²) in [5, 5.41) is 23.5. The molecule has 0 aliphatic carbocycles. The highest BCUT2D eigenvalue weighted by atomic mass is 28.4. The number of aliphatic hydroxyl groups excluding tert-OH is 1. The summed E-state index contributed by atoms with van der Waals surface area (Å²) in [6.45, 7) is 6.87. The van der Waals surface area contributed by atoms with Gasteiger partial charge in [0.2, 0.25) is 14.3 Å². The zero-order valence-corrected chi connectivity index (χ0v) is 22.5. The summed E-state index contributed by atoms with van der Waals surface area (Å²) < 4.78 is 29.8. The number of nitrogens with zero attached hydrogens (tertiary/aromatic N) is 3. The summed E-state index contributed by atoms with van der Waals surface area (Å²) in [7, 11) is -1.48. The van der Waals surface area contributed by atoms with Crippen LogP contribution in [0.15, 0.2) is 24.4 Å². The van der Waals surface area contributed by atoms with E-state index in [-0.39, 0.29) is 42.2 Å². The minimum Gasteiger partial charge on any atom is -0.490 e. The lowest BCUT2D eigenvalue weighted by molar-refractivity contribution is -0.117. The van der Waals surface area contributed by atoms with Crippen molar-refractivity contribution in [2.45, 2.75) is 76.0 Å². The number of rotatable bonds is 10. The molecule has 9 nitrogen and oxygen atoms in total. The number of methoxy groups -OCH3 is 1. The molecule has 1 aromatic carbocycles. The molecule has 1 saturated heterocycles. The Kier molecular flexibility index (Phi) is 8.43. The maximum atomic E-state index is 15.7. The Balaban J connectivity index is 1.52. The molecule has 3 N–H and O–H groups in total. The number of carbonyl (C=O) groups is 1. The van der Waals surface area contributed by atoms with Gasteiger partial charge in [-0.25, -0.2) is 0 Å². The normalized spacial score (nSPS) is 24.7. The van der Waals surface area contributed by atoms with E-state index in [0.29, 0.717) is 36.5 Å². The molecule has 4 rings (SSSR count). The highest BCUT2D eigenvalue weighted by Crippen LogP contribution is 2.48. The van der Waals surface area contributed by atoms with E-state index in [0.717, 1.165) is 24.9 Å². The summed E-state index contributed by atoms with van der Waals surface area (Å²) in [6.07, 6.45) is 3.98. The lowest BCUT2D eigenvalue weighted by Crippen LogP contribution is -2.46. The van der Waals surface area contributed by atoms with Gasteiger partial charge in [0.05, 0.1) is 17.8 Å². The SMILES string of the molecule is CO[C@@H]1c2cc(NC(=O)[C@H]3CCCN3)ccc2O[C@H](C(CCn2cc(CCO)nn2)[Si](C)(C)F)[C@H]1C. The lowest BCUT2D eigenvalue weighted by atomic mass is 9.86. The number of ether oxygens (including phenoxy) is 2. The summed E-state index contributed by atoms with van der Waals surface area (Å²) in [5.74, 6) is 0.527. The van der Waals surface area contributed by atoms with Crippen LogP contribution in [0, 0.1) is 5.92 Å². The molecule has 198 valence electrons. The van der Waals surface area contributed by atoms with Gasteiger partial charge < -0.3 is 29.3 Å². The van der Waals surface area contributed by atoms with Crippen molar-refractivity contribution in [1.29, 1.82) is 0 Å². The van der Waals surface area contributed by atoms with E-state index in [1.54, 1.807) is 31.1 Å². The molecule has 2 aromatic rings. The zero-order valence-electron chi connectivity index (χ0n) is 21.5. The molecular weight excluding hydrogens is 481 g/mol. The molecule has 2 aliphatic rings. The van der Waals surface area contributed by atoms with Crippen molar-refractivity contribution in [3.8, 4) is 5.75 Å². The van der Waals surface area contributed by atoms with Gasteiger partial charge >= 0.3 is 0 Å². The van der Waals surface area contributed by atoms with E-state index in [4.69, 9.17) is 14.6 Å². The number of carbonyl (C=O) groups excluding carboxylic acids is 1. The summed E-state index contributed by atoms with van der Waals surface area (Å²) in [6, 6.07) is 5.42. The Labute approximate surface area is 212 Å². The number of fused-ring (bicyclic) bond motifs is 1. The van der Waals surface area contributed by atoms with Crippen molar-refractivity contribution < 1.29 is 23.5 Å².